The molecule has 14 heavy (non-hydrogen) atoms. The Morgan fingerprint density at radius 2 is 2.14 bits per heavy atom. The third-order valence-electron chi connectivity index (χ3n) is 3.59. The monoisotopic (exact) mass is 200 g/mol. The topological polar surface area (TPSA) is 29.5 Å². The molecule has 84 valence electrons. The number of hydrogen-bond donors (Lipinski definition) is 1. The van der Waals surface area contributed by atoms with Crippen LogP contribution in [0.3, 0.4) is 0 Å². The minimum Gasteiger partial charge on any atom is -0.393 e. The molecule has 0 aromatic carbocycles. The second-order valence-electron chi connectivity index (χ2n) is 4.75. The molecule has 0 amide bonds. The summed E-state index contributed by atoms with van der Waals surface area (Å²) in [6.45, 7) is 4.51. The van der Waals surface area contributed by atoms with Crippen molar-refractivity contribution in [3.8, 4) is 0 Å². The Hall–Kier alpha value is -0.0800. The van der Waals surface area contributed by atoms with Gasteiger partial charge in [0.05, 0.1) is 12.2 Å². The summed E-state index contributed by atoms with van der Waals surface area (Å²) < 4.78 is 5.49. The number of rotatable bonds is 4. The standard InChI is InChI=1S/C12H24O2/c1-4-9(2)7-10-8-11(13)5-6-12(10)14-3/h9-13H,4-8H2,1-3H3. The molecule has 1 rings (SSSR count). The van der Waals surface area contributed by atoms with E-state index in [4.69, 9.17) is 4.74 Å². The summed E-state index contributed by atoms with van der Waals surface area (Å²) in [4.78, 5) is 0. The molecule has 1 saturated carbocycles. The first kappa shape index (κ1) is 12.0. The molecule has 1 aliphatic carbocycles. The van der Waals surface area contributed by atoms with E-state index in [0.29, 0.717) is 12.0 Å². The molecule has 1 aliphatic rings. The van der Waals surface area contributed by atoms with Crippen molar-refractivity contribution >= 4 is 0 Å². The van der Waals surface area contributed by atoms with Crippen LogP contribution in [0, 0.1) is 11.8 Å². The molecule has 0 aliphatic heterocycles. The Labute approximate surface area is 87.7 Å². The molecular weight excluding hydrogens is 176 g/mol. The minimum atomic E-state index is -0.0875. The summed E-state index contributed by atoms with van der Waals surface area (Å²) in [5, 5.41) is 9.62. The molecule has 0 bridgehead atoms. The number of ether oxygens (including phenoxy) is 1. The fraction of sp³-hybridized carbons (Fsp3) is 1.00. The molecule has 1 fully saturated rings. The van der Waals surface area contributed by atoms with E-state index >= 15 is 0 Å². The number of hydrogen-bond acceptors (Lipinski definition) is 2. The quantitative estimate of drug-likeness (QED) is 0.756. The van der Waals surface area contributed by atoms with Gasteiger partial charge in [0.2, 0.25) is 0 Å². The molecule has 2 heteroatoms. The van der Waals surface area contributed by atoms with Gasteiger partial charge in [0.1, 0.15) is 0 Å². The Bertz CT molecular complexity index is 158. The van der Waals surface area contributed by atoms with Gasteiger partial charge in [-0.1, -0.05) is 20.3 Å². The zero-order chi connectivity index (χ0) is 10.6. The molecule has 4 atom stereocenters. The lowest BCUT2D eigenvalue weighted by molar-refractivity contribution is -0.0269. The summed E-state index contributed by atoms with van der Waals surface area (Å²) in [7, 11) is 1.80. The lowest BCUT2D eigenvalue weighted by Crippen LogP contribution is -2.34. The summed E-state index contributed by atoms with van der Waals surface area (Å²) in [5.41, 5.74) is 0. The first-order valence-corrected chi connectivity index (χ1v) is 5.88. The van der Waals surface area contributed by atoms with E-state index in [-0.39, 0.29) is 6.10 Å². The van der Waals surface area contributed by atoms with Gasteiger partial charge in [-0.05, 0) is 37.5 Å². The van der Waals surface area contributed by atoms with Gasteiger partial charge in [-0.2, -0.15) is 0 Å². The normalized spacial score (nSPS) is 35.6. The van der Waals surface area contributed by atoms with Gasteiger partial charge >= 0.3 is 0 Å². The van der Waals surface area contributed by atoms with Gasteiger partial charge in [-0.25, -0.2) is 0 Å². The average Bonchev–Trinajstić information content (AvgIpc) is 2.18. The van der Waals surface area contributed by atoms with Crippen LogP contribution in [0.2, 0.25) is 0 Å². The van der Waals surface area contributed by atoms with Crippen LogP contribution in [-0.2, 0) is 4.74 Å². The second kappa shape index (κ2) is 5.72. The van der Waals surface area contributed by atoms with Gasteiger partial charge in [-0.15, -0.1) is 0 Å². The molecule has 0 saturated heterocycles. The summed E-state index contributed by atoms with van der Waals surface area (Å²) in [5.74, 6) is 1.32. The molecule has 1 N–H and O–H groups in total. The van der Waals surface area contributed by atoms with Crippen LogP contribution in [0.4, 0.5) is 0 Å². The molecule has 0 radical (unpaired) electrons. The number of aliphatic hydroxyl groups is 1. The van der Waals surface area contributed by atoms with E-state index < -0.39 is 0 Å². The number of aliphatic hydroxyl groups excluding tert-OH is 1. The Morgan fingerprint density at radius 1 is 1.43 bits per heavy atom. The van der Waals surface area contributed by atoms with E-state index in [1.165, 1.54) is 12.8 Å². The van der Waals surface area contributed by atoms with Gasteiger partial charge in [0, 0.05) is 7.11 Å². The minimum absolute atomic E-state index is 0.0875. The average molecular weight is 200 g/mol. The molecule has 2 nitrogen and oxygen atoms in total. The van der Waals surface area contributed by atoms with Gasteiger partial charge in [0.25, 0.3) is 0 Å². The number of methoxy groups -OCH3 is 1. The smallest absolute Gasteiger partial charge is 0.0601 e. The van der Waals surface area contributed by atoms with Crippen molar-refractivity contribution in [3.05, 3.63) is 0 Å². The van der Waals surface area contributed by atoms with Crippen LogP contribution in [-0.4, -0.2) is 24.4 Å². The van der Waals surface area contributed by atoms with Crippen LogP contribution in [0.15, 0.2) is 0 Å². The van der Waals surface area contributed by atoms with Gasteiger partial charge in [0.15, 0.2) is 0 Å². The van der Waals surface area contributed by atoms with Crippen LogP contribution < -0.4 is 0 Å². The van der Waals surface area contributed by atoms with Crippen molar-refractivity contribution in [2.24, 2.45) is 11.8 Å². The van der Waals surface area contributed by atoms with E-state index in [2.05, 4.69) is 13.8 Å². The van der Waals surface area contributed by atoms with Crippen molar-refractivity contribution < 1.29 is 9.84 Å². The highest BCUT2D eigenvalue weighted by Crippen LogP contribution is 2.32. The first-order chi connectivity index (χ1) is 6.67. The maximum atomic E-state index is 9.62. The Balaban J connectivity index is 2.44. The third-order valence-corrected chi connectivity index (χ3v) is 3.59. The zero-order valence-corrected chi connectivity index (χ0v) is 9.70. The lowest BCUT2D eigenvalue weighted by Gasteiger charge is -2.34. The fourth-order valence-corrected chi connectivity index (χ4v) is 2.45. The van der Waals surface area contributed by atoms with Crippen molar-refractivity contribution in [3.63, 3.8) is 0 Å². The van der Waals surface area contributed by atoms with Crippen LogP contribution >= 0.6 is 0 Å². The maximum absolute atomic E-state index is 9.62. The summed E-state index contributed by atoms with van der Waals surface area (Å²) in [6.07, 6.45) is 5.59. The summed E-state index contributed by atoms with van der Waals surface area (Å²) in [6, 6.07) is 0. The van der Waals surface area contributed by atoms with Gasteiger partial charge in [-0.3, -0.25) is 0 Å². The maximum Gasteiger partial charge on any atom is 0.0601 e. The predicted molar refractivity (Wildman–Crippen MR) is 58.2 cm³/mol. The predicted octanol–water partition coefficient (Wildman–Crippen LogP) is 2.60. The zero-order valence-electron chi connectivity index (χ0n) is 9.70. The molecule has 0 heterocycles. The summed E-state index contributed by atoms with van der Waals surface area (Å²) >= 11 is 0. The van der Waals surface area contributed by atoms with Crippen LogP contribution in [0.1, 0.15) is 46.0 Å². The van der Waals surface area contributed by atoms with E-state index in [9.17, 15) is 5.11 Å². The van der Waals surface area contributed by atoms with Gasteiger partial charge < -0.3 is 9.84 Å². The highest BCUT2D eigenvalue weighted by atomic mass is 16.5. The van der Waals surface area contributed by atoms with Crippen molar-refractivity contribution in [2.45, 2.75) is 58.2 Å². The van der Waals surface area contributed by atoms with E-state index in [1.54, 1.807) is 7.11 Å². The lowest BCUT2D eigenvalue weighted by atomic mass is 9.79. The first-order valence-electron chi connectivity index (χ1n) is 5.88. The molecule has 4 unspecified atom stereocenters. The molecule has 0 aromatic heterocycles. The molecular formula is C12H24O2. The fourth-order valence-electron chi connectivity index (χ4n) is 2.45. The second-order valence-corrected chi connectivity index (χ2v) is 4.75. The van der Waals surface area contributed by atoms with Crippen LogP contribution in [0.5, 0.6) is 0 Å². The third kappa shape index (κ3) is 3.25. The van der Waals surface area contributed by atoms with Crippen molar-refractivity contribution in [1.82, 2.24) is 0 Å². The Morgan fingerprint density at radius 3 is 2.71 bits per heavy atom. The van der Waals surface area contributed by atoms with E-state index in [1.807, 2.05) is 0 Å². The largest absolute Gasteiger partial charge is 0.393 e. The van der Waals surface area contributed by atoms with Crippen LogP contribution in [0.25, 0.3) is 0 Å². The molecule has 0 spiro atoms. The highest BCUT2D eigenvalue weighted by Gasteiger charge is 2.30. The SMILES string of the molecule is CCC(C)CC1CC(O)CCC1OC. The van der Waals surface area contributed by atoms with E-state index in [0.717, 1.165) is 25.2 Å². The Kier molecular flexibility index (Phi) is 4.90. The van der Waals surface area contributed by atoms with Crippen molar-refractivity contribution in [2.75, 3.05) is 7.11 Å². The van der Waals surface area contributed by atoms with Crippen molar-refractivity contribution in [1.29, 1.82) is 0 Å². The highest BCUT2D eigenvalue weighted by molar-refractivity contribution is 4.81. The molecule has 0 aromatic rings.